The number of para-hydroxylation sites is 1. The molecule has 0 bridgehead atoms. The molecule has 1 N–H and O–H groups in total. The van der Waals surface area contributed by atoms with Gasteiger partial charge in [-0.3, -0.25) is 14.4 Å². The van der Waals surface area contributed by atoms with Gasteiger partial charge in [0.25, 0.3) is 5.91 Å². The van der Waals surface area contributed by atoms with Gasteiger partial charge in [0.15, 0.2) is 6.10 Å². The highest BCUT2D eigenvalue weighted by atomic mass is 16.5. The maximum atomic E-state index is 12.6. The van der Waals surface area contributed by atoms with Gasteiger partial charge in [-0.1, -0.05) is 18.2 Å². The molecule has 1 heterocycles. The van der Waals surface area contributed by atoms with Gasteiger partial charge < -0.3 is 24.4 Å². The fourth-order valence-corrected chi connectivity index (χ4v) is 3.20. The van der Waals surface area contributed by atoms with Crippen molar-refractivity contribution in [3.05, 3.63) is 48.5 Å². The van der Waals surface area contributed by atoms with Crippen molar-refractivity contribution in [1.29, 1.82) is 0 Å². The number of hydrogen-bond acceptors (Lipinski definition) is 6. The van der Waals surface area contributed by atoms with Gasteiger partial charge in [0.05, 0.1) is 25.8 Å². The summed E-state index contributed by atoms with van der Waals surface area (Å²) in [6.07, 6.45) is -0.988. The van der Waals surface area contributed by atoms with Crippen LogP contribution in [0.2, 0.25) is 0 Å². The van der Waals surface area contributed by atoms with Crippen LogP contribution in [0.15, 0.2) is 48.5 Å². The van der Waals surface area contributed by atoms with Crippen molar-refractivity contribution in [2.45, 2.75) is 19.4 Å². The normalized spacial score (nSPS) is 16.7. The first-order valence-electron chi connectivity index (χ1n) is 9.51. The average Bonchev–Trinajstić information content (AvgIpc) is 3.15. The molecule has 0 unspecified atom stereocenters. The van der Waals surface area contributed by atoms with Gasteiger partial charge in [0, 0.05) is 24.7 Å². The molecule has 2 aromatic carbocycles. The van der Waals surface area contributed by atoms with E-state index in [-0.39, 0.29) is 18.9 Å². The third kappa shape index (κ3) is 4.71. The minimum Gasteiger partial charge on any atom is -0.497 e. The largest absolute Gasteiger partial charge is 0.497 e. The lowest BCUT2D eigenvalue weighted by Crippen LogP contribution is -2.33. The van der Waals surface area contributed by atoms with Crippen molar-refractivity contribution in [3.8, 4) is 11.5 Å². The Hall–Kier alpha value is -3.55. The van der Waals surface area contributed by atoms with Crippen molar-refractivity contribution in [3.63, 3.8) is 0 Å². The highest BCUT2D eigenvalue weighted by molar-refractivity contribution is 6.01. The number of amides is 2. The first kappa shape index (κ1) is 21.2. The molecule has 3 rings (SSSR count). The van der Waals surface area contributed by atoms with Crippen LogP contribution >= 0.6 is 0 Å². The molecule has 1 fully saturated rings. The molecular weight excluding hydrogens is 388 g/mol. The number of rotatable bonds is 7. The Bertz CT molecular complexity index is 930. The lowest BCUT2D eigenvalue weighted by molar-refractivity contribution is -0.157. The average molecular weight is 412 g/mol. The van der Waals surface area contributed by atoms with Gasteiger partial charge in [-0.15, -0.1) is 0 Å². The highest BCUT2D eigenvalue weighted by Gasteiger charge is 2.38. The second kappa shape index (κ2) is 9.30. The summed E-state index contributed by atoms with van der Waals surface area (Å²) < 4.78 is 15.8. The lowest BCUT2D eigenvalue weighted by atomic mass is 10.1. The Morgan fingerprint density at radius 1 is 1.10 bits per heavy atom. The lowest BCUT2D eigenvalue weighted by Gasteiger charge is -2.20. The number of nitrogens with zero attached hydrogens (tertiary/aromatic N) is 1. The Morgan fingerprint density at radius 2 is 1.83 bits per heavy atom. The zero-order valence-electron chi connectivity index (χ0n) is 17.1. The molecule has 0 aromatic heterocycles. The molecule has 0 aliphatic carbocycles. The van der Waals surface area contributed by atoms with Gasteiger partial charge in [-0.25, -0.2) is 0 Å². The molecule has 0 saturated carbocycles. The summed E-state index contributed by atoms with van der Waals surface area (Å²) in [4.78, 5) is 38.8. The molecular formula is C22H24N2O6. The van der Waals surface area contributed by atoms with Crippen LogP contribution in [0.1, 0.15) is 13.3 Å². The van der Waals surface area contributed by atoms with Crippen molar-refractivity contribution in [2.75, 3.05) is 31.0 Å². The number of methoxy groups -OCH3 is 2. The van der Waals surface area contributed by atoms with Crippen molar-refractivity contribution in [2.24, 2.45) is 5.92 Å². The molecule has 8 heteroatoms. The standard InChI is InChI=1S/C22H24N2O6/c1-14(21(26)23-16-7-5-4-6-8-16)30-22(27)15-11-20(25)24(13-15)18-10-9-17(28-2)12-19(18)29-3/h4-10,12,14-15H,11,13H2,1-3H3,(H,23,26)/t14-,15+/m1/s1. The maximum absolute atomic E-state index is 12.6. The number of carbonyl (C=O) groups excluding carboxylic acids is 3. The quantitative estimate of drug-likeness (QED) is 0.703. The summed E-state index contributed by atoms with van der Waals surface area (Å²) in [5.74, 6) is -0.858. The number of ether oxygens (including phenoxy) is 3. The van der Waals surface area contributed by atoms with Crippen molar-refractivity contribution in [1.82, 2.24) is 0 Å². The molecule has 30 heavy (non-hydrogen) atoms. The van der Waals surface area contributed by atoms with Crippen molar-refractivity contribution >= 4 is 29.2 Å². The van der Waals surface area contributed by atoms with Crippen LogP contribution in [0, 0.1) is 5.92 Å². The zero-order valence-corrected chi connectivity index (χ0v) is 17.1. The van der Waals surface area contributed by atoms with Gasteiger partial charge in [-0.05, 0) is 31.2 Å². The summed E-state index contributed by atoms with van der Waals surface area (Å²) in [6, 6.07) is 14.0. The van der Waals surface area contributed by atoms with Gasteiger partial charge >= 0.3 is 5.97 Å². The Kier molecular flexibility index (Phi) is 6.56. The molecule has 1 aliphatic heterocycles. The fourth-order valence-electron chi connectivity index (χ4n) is 3.20. The van der Waals surface area contributed by atoms with Crippen LogP contribution in [-0.2, 0) is 19.1 Å². The predicted octanol–water partition coefficient (Wildman–Crippen LogP) is 2.63. The third-order valence-corrected chi connectivity index (χ3v) is 4.84. The minimum absolute atomic E-state index is 0.00103. The topological polar surface area (TPSA) is 94.2 Å². The number of nitrogens with one attached hydrogen (secondary N) is 1. The predicted molar refractivity (Wildman–Crippen MR) is 111 cm³/mol. The van der Waals surface area contributed by atoms with E-state index in [1.165, 1.54) is 26.0 Å². The van der Waals surface area contributed by atoms with Gasteiger partial charge in [0.1, 0.15) is 11.5 Å². The smallest absolute Gasteiger partial charge is 0.312 e. The monoisotopic (exact) mass is 412 g/mol. The summed E-state index contributed by atoms with van der Waals surface area (Å²) in [7, 11) is 3.04. The zero-order chi connectivity index (χ0) is 21.7. The number of carbonyl (C=O) groups is 3. The van der Waals surface area contributed by atoms with Gasteiger partial charge in [-0.2, -0.15) is 0 Å². The van der Waals surface area contributed by atoms with Crippen LogP contribution in [0.3, 0.4) is 0 Å². The number of anilines is 2. The molecule has 158 valence electrons. The summed E-state index contributed by atoms with van der Waals surface area (Å²) in [6.45, 7) is 1.64. The number of esters is 1. The molecule has 0 spiro atoms. The fraction of sp³-hybridized carbons (Fsp3) is 0.318. The highest BCUT2D eigenvalue weighted by Crippen LogP contribution is 2.36. The summed E-state index contributed by atoms with van der Waals surface area (Å²) in [5.41, 5.74) is 1.16. The van der Waals surface area contributed by atoms with E-state index in [2.05, 4.69) is 5.32 Å². The first-order chi connectivity index (χ1) is 14.4. The summed E-state index contributed by atoms with van der Waals surface area (Å²) in [5, 5.41) is 2.69. The van der Waals surface area contributed by atoms with E-state index >= 15 is 0 Å². The van der Waals surface area contributed by atoms with E-state index in [0.717, 1.165) is 0 Å². The molecule has 2 atom stereocenters. The van der Waals surface area contributed by atoms with E-state index in [1.54, 1.807) is 42.5 Å². The van der Waals surface area contributed by atoms with Crippen LogP contribution in [0.5, 0.6) is 11.5 Å². The second-order valence-corrected chi connectivity index (χ2v) is 6.88. The molecule has 2 amide bonds. The SMILES string of the molecule is COc1ccc(N2C[C@@H](C(=O)O[C@H](C)C(=O)Nc3ccccc3)CC2=O)c(OC)c1. The second-order valence-electron chi connectivity index (χ2n) is 6.88. The van der Waals surface area contributed by atoms with Crippen LogP contribution < -0.4 is 19.7 Å². The number of benzene rings is 2. The van der Waals surface area contributed by atoms with E-state index in [0.29, 0.717) is 22.9 Å². The molecule has 0 radical (unpaired) electrons. The van der Waals surface area contributed by atoms with Gasteiger partial charge in [0.2, 0.25) is 5.91 Å². The Morgan fingerprint density at radius 3 is 2.50 bits per heavy atom. The molecule has 2 aromatic rings. The van der Waals surface area contributed by atoms with Crippen LogP contribution in [-0.4, -0.2) is 44.7 Å². The van der Waals surface area contributed by atoms with E-state index in [4.69, 9.17) is 14.2 Å². The first-order valence-corrected chi connectivity index (χ1v) is 9.51. The van der Waals surface area contributed by atoms with Crippen LogP contribution in [0.4, 0.5) is 11.4 Å². The van der Waals surface area contributed by atoms with E-state index in [1.807, 2.05) is 6.07 Å². The minimum atomic E-state index is -0.989. The van der Waals surface area contributed by atoms with E-state index < -0.39 is 23.9 Å². The summed E-state index contributed by atoms with van der Waals surface area (Å²) >= 11 is 0. The third-order valence-electron chi connectivity index (χ3n) is 4.84. The van der Waals surface area contributed by atoms with Crippen molar-refractivity contribution < 1.29 is 28.6 Å². The molecule has 8 nitrogen and oxygen atoms in total. The molecule has 1 aliphatic rings. The number of hydrogen-bond donors (Lipinski definition) is 1. The Balaban J connectivity index is 1.63. The van der Waals surface area contributed by atoms with E-state index in [9.17, 15) is 14.4 Å². The maximum Gasteiger partial charge on any atom is 0.312 e. The molecule has 1 saturated heterocycles. The van der Waals surface area contributed by atoms with Crippen LogP contribution in [0.25, 0.3) is 0 Å². The Labute approximate surface area is 174 Å².